The topological polar surface area (TPSA) is 78.4 Å². The van der Waals surface area contributed by atoms with E-state index in [1.165, 1.54) is 12.8 Å². The van der Waals surface area contributed by atoms with Crippen LogP contribution in [-0.4, -0.2) is 61.2 Å². The monoisotopic (exact) mass is 311 g/mol. The van der Waals surface area contributed by atoms with Crippen LogP contribution in [0.4, 0.5) is 11.6 Å². The lowest BCUT2D eigenvalue weighted by molar-refractivity contribution is 0.456. The van der Waals surface area contributed by atoms with Crippen LogP contribution in [0, 0.1) is 0 Å². The molecule has 3 rings (SSSR count). The van der Waals surface area contributed by atoms with Gasteiger partial charge >= 0.3 is 0 Å². The Kier molecular flexibility index (Phi) is 4.25. The molecule has 7 nitrogen and oxygen atoms in total. The molecule has 2 fully saturated rings. The Bertz CT molecular complexity index is 586. The quantitative estimate of drug-likeness (QED) is 0.854. The lowest BCUT2D eigenvalue weighted by Crippen LogP contribution is -2.30. The molecule has 2 aliphatic heterocycles. The number of hydrogen-bond acceptors (Lipinski definition) is 6. The van der Waals surface area contributed by atoms with Crippen LogP contribution in [0.5, 0.6) is 0 Å². The highest BCUT2D eigenvalue weighted by Crippen LogP contribution is 2.19. The van der Waals surface area contributed by atoms with E-state index in [9.17, 15) is 8.42 Å². The molecule has 116 valence electrons. The summed E-state index contributed by atoms with van der Waals surface area (Å²) < 4.78 is 24.9. The Morgan fingerprint density at radius 3 is 2.67 bits per heavy atom. The van der Waals surface area contributed by atoms with Crippen LogP contribution in [-0.2, 0) is 10.0 Å². The van der Waals surface area contributed by atoms with Crippen molar-refractivity contribution in [3.05, 3.63) is 12.4 Å². The highest BCUT2D eigenvalue weighted by molar-refractivity contribution is 7.89. The number of rotatable bonds is 5. The van der Waals surface area contributed by atoms with E-state index in [4.69, 9.17) is 0 Å². The van der Waals surface area contributed by atoms with Crippen molar-refractivity contribution in [2.24, 2.45) is 0 Å². The molecule has 2 aliphatic rings. The van der Waals surface area contributed by atoms with Gasteiger partial charge in [0.05, 0.1) is 5.75 Å². The van der Waals surface area contributed by atoms with Crippen LogP contribution in [0.2, 0.25) is 0 Å². The van der Waals surface area contributed by atoms with Crippen molar-refractivity contribution in [1.29, 1.82) is 0 Å². The molecule has 0 saturated carbocycles. The molecule has 0 unspecified atom stereocenters. The maximum atomic E-state index is 11.7. The van der Waals surface area contributed by atoms with Crippen molar-refractivity contribution in [2.75, 3.05) is 48.7 Å². The number of hydrogen-bond donors (Lipinski definition) is 1. The van der Waals surface area contributed by atoms with E-state index < -0.39 is 10.0 Å². The minimum absolute atomic E-state index is 0.277. The molecular formula is C13H21N5O2S. The molecule has 0 radical (unpaired) electrons. The van der Waals surface area contributed by atoms with Crippen molar-refractivity contribution < 1.29 is 8.42 Å². The predicted octanol–water partition coefficient (Wildman–Crippen LogP) is 0.524. The summed E-state index contributed by atoms with van der Waals surface area (Å²) in [6, 6.07) is 1.93. The lowest BCUT2D eigenvalue weighted by Gasteiger charge is -2.17. The number of aromatic nitrogens is 2. The summed E-state index contributed by atoms with van der Waals surface area (Å²) in [4.78, 5) is 10.7. The van der Waals surface area contributed by atoms with Crippen molar-refractivity contribution in [3.8, 4) is 0 Å². The second-order valence-corrected chi connectivity index (χ2v) is 7.54. The summed E-state index contributed by atoms with van der Waals surface area (Å²) in [6.07, 6.45) is 4.71. The minimum Gasteiger partial charge on any atom is -0.369 e. The van der Waals surface area contributed by atoms with Gasteiger partial charge in [0.25, 0.3) is 0 Å². The molecule has 0 atom stereocenters. The van der Waals surface area contributed by atoms with Gasteiger partial charge in [-0.05, 0) is 19.3 Å². The average molecular weight is 311 g/mol. The Morgan fingerprint density at radius 2 is 1.95 bits per heavy atom. The van der Waals surface area contributed by atoms with E-state index in [1.54, 1.807) is 10.6 Å². The third-order valence-corrected chi connectivity index (χ3v) is 5.91. The van der Waals surface area contributed by atoms with Crippen LogP contribution >= 0.6 is 0 Å². The summed E-state index contributed by atoms with van der Waals surface area (Å²) in [5.74, 6) is 1.97. The fourth-order valence-corrected chi connectivity index (χ4v) is 4.34. The second kappa shape index (κ2) is 6.15. The van der Waals surface area contributed by atoms with Gasteiger partial charge in [0.15, 0.2) is 0 Å². The zero-order valence-electron chi connectivity index (χ0n) is 12.0. The van der Waals surface area contributed by atoms with Gasteiger partial charge in [0.2, 0.25) is 10.0 Å². The minimum atomic E-state index is -3.01. The second-order valence-electron chi connectivity index (χ2n) is 5.45. The summed E-state index contributed by atoms with van der Waals surface area (Å²) in [6.45, 7) is 3.78. The number of sulfonamides is 1. The molecule has 0 bridgehead atoms. The van der Waals surface area contributed by atoms with Crippen molar-refractivity contribution in [2.45, 2.75) is 19.3 Å². The first-order chi connectivity index (χ1) is 10.1. The fraction of sp³-hybridized carbons (Fsp3) is 0.692. The number of nitrogens with zero attached hydrogens (tertiary/aromatic N) is 4. The van der Waals surface area contributed by atoms with E-state index in [-0.39, 0.29) is 5.75 Å². The molecule has 8 heteroatoms. The maximum Gasteiger partial charge on any atom is 0.214 e. The number of nitrogens with one attached hydrogen (secondary N) is 1. The molecule has 1 aromatic heterocycles. The van der Waals surface area contributed by atoms with Crippen LogP contribution in [0.15, 0.2) is 12.4 Å². The smallest absolute Gasteiger partial charge is 0.214 e. The average Bonchev–Trinajstić information content (AvgIpc) is 3.10. The Labute approximate surface area is 125 Å². The van der Waals surface area contributed by atoms with Crippen LogP contribution in [0.25, 0.3) is 0 Å². The molecule has 1 aromatic rings. The first kappa shape index (κ1) is 14.5. The zero-order chi connectivity index (χ0) is 14.7. The molecular weight excluding hydrogens is 290 g/mol. The fourth-order valence-electron chi connectivity index (χ4n) is 2.81. The molecule has 2 saturated heterocycles. The van der Waals surface area contributed by atoms with Gasteiger partial charge < -0.3 is 10.2 Å². The van der Waals surface area contributed by atoms with E-state index in [0.29, 0.717) is 19.6 Å². The first-order valence-electron chi connectivity index (χ1n) is 7.44. The molecule has 0 aliphatic carbocycles. The van der Waals surface area contributed by atoms with Gasteiger partial charge in [-0.2, -0.15) is 0 Å². The summed E-state index contributed by atoms with van der Waals surface area (Å²) in [5.41, 5.74) is 0. The zero-order valence-corrected chi connectivity index (χ0v) is 12.8. The number of anilines is 2. The van der Waals surface area contributed by atoms with Gasteiger partial charge in [0, 0.05) is 38.8 Å². The molecule has 3 heterocycles. The van der Waals surface area contributed by atoms with Crippen LogP contribution in [0.1, 0.15) is 19.3 Å². The van der Waals surface area contributed by atoms with Crippen LogP contribution < -0.4 is 10.2 Å². The molecule has 21 heavy (non-hydrogen) atoms. The van der Waals surface area contributed by atoms with E-state index in [0.717, 1.165) is 31.1 Å². The highest BCUT2D eigenvalue weighted by Gasteiger charge is 2.27. The lowest BCUT2D eigenvalue weighted by atomic mass is 10.4. The third-order valence-electron chi connectivity index (χ3n) is 3.95. The summed E-state index contributed by atoms with van der Waals surface area (Å²) in [7, 11) is -3.01. The Balaban J connectivity index is 1.54. The SMILES string of the molecule is O=S1(=O)CCCN1CCNc1cc(N2CCCC2)ncn1. The Morgan fingerprint density at radius 1 is 1.14 bits per heavy atom. The van der Waals surface area contributed by atoms with E-state index in [1.807, 2.05) is 6.07 Å². The van der Waals surface area contributed by atoms with Crippen molar-refractivity contribution in [1.82, 2.24) is 14.3 Å². The molecule has 0 amide bonds. The molecule has 0 spiro atoms. The van der Waals surface area contributed by atoms with Crippen LogP contribution in [0.3, 0.4) is 0 Å². The Hall–Kier alpha value is -1.41. The van der Waals surface area contributed by atoms with Gasteiger partial charge in [-0.25, -0.2) is 22.7 Å². The highest BCUT2D eigenvalue weighted by atomic mass is 32.2. The van der Waals surface area contributed by atoms with Crippen molar-refractivity contribution in [3.63, 3.8) is 0 Å². The predicted molar refractivity (Wildman–Crippen MR) is 81.9 cm³/mol. The van der Waals surface area contributed by atoms with E-state index >= 15 is 0 Å². The largest absolute Gasteiger partial charge is 0.369 e. The summed E-state index contributed by atoms with van der Waals surface area (Å²) >= 11 is 0. The van der Waals surface area contributed by atoms with Crippen molar-refractivity contribution >= 4 is 21.7 Å². The molecule has 0 aromatic carbocycles. The molecule has 1 N–H and O–H groups in total. The van der Waals surface area contributed by atoms with Gasteiger partial charge in [-0.15, -0.1) is 0 Å². The standard InChI is InChI=1S/C13H21N5O2S/c19-21(20)9-3-7-18(21)8-4-14-12-10-13(16-11-15-12)17-5-1-2-6-17/h10-11H,1-9H2,(H,14,15,16). The maximum absolute atomic E-state index is 11.7. The summed E-state index contributed by atoms with van der Waals surface area (Å²) in [5, 5.41) is 3.19. The first-order valence-corrected chi connectivity index (χ1v) is 9.05. The van der Waals surface area contributed by atoms with E-state index in [2.05, 4.69) is 20.2 Å². The van der Waals surface area contributed by atoms with Gasteiger partial charge in [-0.3, -0.25) is 0 Å². The van der Waals surface area contributed by atoms with Gasteiger partial charge in [0.1, 0.15) is 18.0 Å². The third kappa shape index (κ3) is 3.44. The normalized spacial score (nSPS) is 21.8. The van der Waals surface area contributed by atoms with Gasteiger partial charge in [-0.1, -0.05) is 0 Å².